The lowest BCUT2D eigenvalue weighted by Gasteiger charge is -2.33. The number of unbranched alkanes of at least 4 members (excludes halogenated alkanes) is 1. The zero-order valence-electron chi connectivity index (χ0n) is 11.8. The van der Waals surface area contributed by atoms with Gasteiger partial charge in [-0.05, 0) is 26.0 Å². The smallest absolute Gasteiger partial charge is 0.124 e. The van der Waals surface area contributed by atoms with Gasteiger partial charge in [-0.1, -0.05) is 44.4 Å². The predicted molar refractivity (Wildman–Crippen MR) is 76.2 cm³/mol. The fourth-order valence-corrected chi connectivity index (χ4v) is 2.71. The van der Waals surface area contributed by atoms with Crippen molar-refractivity contribution in [2.24, 2.45) is 0 Å². The summed E-state index contributed by atoms with van der Waals surface area (Å²) in [5.74, 6) is 1.08. The van der Waals surface area contributed by atoms with Gasteiger partial charge in [0.25, 0.3) is 0 Å². The van der Waals surface area contributed by atoms with Crippen LogP contribution in [0.25, 0.3) is 0 Å². The van der Waals surface area contributed by atoms with Crippen LogP contribution >= 0.6 is 0 Å². The van der Waals surface area contributed by atoms with Gasteiger partial charge in [-0.2, -0.15) is 0 Å². The van der Waals surface area contributed by atoms with Crippen LogP contribution in [0, 0.1) is 6.92 Å². The van der Waals surface area contributed by atoms with E-state index in [1.807, 2.05) is 0 Å². The van der Waals surface area contributed by atoms with Gasteiger partial charge >= 0.3 is 0 Å². The van der Waals surface area contributed by atoms with E-state index in [0.717, 1.165) is 18.7 Å². The van der Waals surface area contributed by atoms with E-state index in [9.17, 15) is 0 Å². The van der Waals surface area contributed by atoms with Gasteiger partial charge < -0.3 is 10.1 Å². The molecule has 1 heterocycles. The molecule has 2 atom stereocenters. The summed E-state index contributed by atoms with van der Waals surface area (Å²) in [7, 11) is 0. The molecule has 18 heavy (non-hydrogen) atoms. The minimum Gasteiger partial charge on any atom is -0.490 e. The van der Waals surface area contributed by atoms with E-state index in [1.165, 1.54) is 30.4 Å². The van der Waals surface area contributed by atoms with Crippen LogP contribution in [0.2, 0.25) is 0 Å². The first-order valence-electron chi connectivity index (χ1n) is 7.25. The summed E-state index contributed by atoms with van der Waals surface area (Å²) in [5, 5.41) is 3.59. The molecule has 1 N–H and O–H groups in total. The summed E-state index contributed by atoms with van der Waals surface area (Å²) >= 11 is 0. The van der Waals surface area contributed by atoms with Crippen molar-refractivity contribution in [2.45, 2.75) is 58.6 Å². The monoisotopic (exact) mass is 247 g/mol. The van der Waals surface area contributed by atoms with Crippen molar-refractivity contribution in [3.05, 3.63) is 29.3 Å². The number of ether oxygens (including phenoxy) is 1. The molecule has 2 heteroatoms. The zero-order chi connectivity index (χ0) is 13.0. The second-order valence-corrected chi connectivity index (χ2v) is 5.27. The maximum Gasteiger partial charge on any atom is 0.124 e. The average Bonchev–Trinajstić information content (AvgIpc) is 2.37. The van der Waals surface area contributed by atoms with Crippen LogP contribution in [0.15, 0.2) is 18.2 Å². The highest BCUT2D eigenvalue weighted by atomic mass is 16.5. The van der Waals surface area contributed by atoms with Crippen molar-refractivity contribution in [3.63, 3.8) is 0 Å². The molecular weight excluding hydrogens is 222 g/mol. The van der Waals surface area contributed by atoms with E-state index in [1.54, 1.807) is 0 Å². The molecule has 0 saturated heterocycles. The van der Waals surface area contributed by atoms with Crippen LogP contribution in [0.3, 0.4) is 0 Å². The zero-order valence-corrected chi connectivity index (χ0v) is 11.8. The Bertz CT molecular complexity index is 389. The van der Waals surface area contributed by atoms with Gasteiger partial charge in [0.05, 0.1) is 0 Å². The minimum absolute atomic E-state index is 0.379. The summed E-state index contributed by atoms with van der Waals surface area (Å²) < 4.78 is 6.13. The van der Waals surface area contributed by atoms with E-state index >= 15 is 0 Å². The van der Waals surface area contributed by atoms with Crippen LogP contribution < -0.4 is 10.1 Å². The highest BCUT2D eigenvalue weighted by molar-refractivity contribution is 5.40. The fourth-order valence-electron chi connectivity index (χ4n) is 2.71. The topological polar surface area (TPSA) is 21.3 Å². The van der Waals surface area contributed by atoms with Crippen molar-refractivity contribution >= 4 is 0 Å². The molecule has 1 aliphatic rings. The van der Waals surface area contributed by atoms with E-state index < -0.39 is 0 Å². The molecule has 100 valence electrons. The molecule has 1 aliphatic heterocycles. The van der Waals surface area contributed by atoms with Crippen molar-refractivity contribution < 1.29 is 4.74 Å². The normalized spacial score (nSPS) is 22.4. The van der Waals surface area contributed by atoms with Gasteiger partial charge in [0, 0.05) is 18.0 Å². The van der Waals surface area contributed by atoms with Crippen LogP contribution in [0.4, 0.5) is 0 Å². The number of nitrogens with one attached hydrogen (secondary N) is 1. The van der Waals surface area contributed by atoms with E-state index in [2.05, 4.69) is 44.3 Å². The fraction of sp³-hybridized carbons (Fsp3) is 0.625. The van der Waals surface area contributed by atoms with Crippen molar-refractivity contribution in [1.82, 2.24) is 5.32 Å². The first kappa shape index (κ1) is 13.4. The Labute approximate surface area is 111 Å². The molecule has 2 unspecified atom stereocenters. The average molecular weight is 247 g/mol. The lowest BCUT2D eigenvalue weighted by molar-refractivity contribution is 0.139. The number of aryl methyl sites for hydroxylation is 1. The van der Waals surface area contributed by atoms with Crippen molar-refractivity contribution in [2.75, 3.05) is 6.54 Å². The third-order valence-electron chi connectivity index (χ3n) is 3.66. The van der Waals surface area contributed by atoms with Gasteiger partial charge in [0.2, 0.25) is 0 Å². The Morgan fingerprint density at radius 2 is 2.17 bits per heavy atom. The number of hydrogen-bond acceptors (Lipinski definition) is 2. The maximum absolute atomic E-state index is 6.13. The Kier molecular flexibility index (Phi) is 4.65. The number of benzene rings is 1. The number of hydrogen-bond donors (Lipinski definition) is 1. The molecule has 0 amide bonds. The molecule has 0 aliphatic carbocycles. The Hall–Kier alpha value is -1.02. The third kappa shape index (κ3) is 3.05. The second-order valence-electron chi connectivity index (χ2n) is 5.27. The van der Waals surface area contributed by atoms with Crippen LogP contribution in [-0.4, -0.2) is 12.6 Å². The largest absolute Gasteiger partial charge is 0.490 e. The van der Waals surface area contributed by atoms with E-state index in [0.29, 0.717) is 12.1 Å². The van der Waals surface area contributed by atoms with E-state index in [-0.39, 0.29) is 0 Å². The number of rotatable bonds is 5. The quantitative estimate of drug-likeness (QED) is 0.849. The molecule has 0 radical (unpaired) electrons. The lowest BCUT2D eigenvalue weighted by atomic mass is 9.93. The van der Waals surface area contributed by atoms with Crippen molar-refractivity contribution in [3.8, 4) is 5.75 Å². The second kappa shape index (κ2) is 6.24. The first-order chi connectivity index (χ1) is 8.74. The van der Waals surface area contributed by atoms with Gasteiger partial charge in [-0.15, -0.1) is 0 Å². The maximum atomic E-state index is 6.13. The minimum atomic E-state index is 0.379. The first-order valence-corrected chi connectivity index (χ1v) is 7.25. The number of fused-ring (bicyclic) bond motifs is 1. The van der Waals surface area contributed by atoms with Gasteiger partial charge in [0.15, 0.2) is 0 Å². The molecule has 1 aromatic carbocycles. The van der Waals surface area contributed by atoms with Gasteiger partial charge in [0.1, 0.15) is 11.9 Å². The molecule has 1 aromatic rings. The lowest BCUT2D eigenvalue weighted by Crippen LogP contribution is -2.33. The molecule has 0 aromatic heterocycles. The predicted octanol–water partition coefficient (Wildman–Crippen LogP) is 3.99. The summed E-state index contributed by atoms with van der Waals surface area (Å²) in [6.07, 6.45) is 5.15. The standard InChI is InChI=1S/C16H25NO/c1-4-6-7-13-11-15(17-5-2)14-10-12(3)8-9-16(14)18-13/h8-10,13,15,17H,4-7,11H2,1-3H3. The Morgan fingerprint density at radius 1 is 1.33 bits per heavy atom. The SMILES string of the molecule is CCCCC1CC(NCC)c2cc(C)ccc2O1. The highest BCUT2D eigenvalue weighted by Gasteiger charge is 2.27. The highest BCUT2D eigenvalue weighted by Crippen LogP contribution is 2.36. The van der Waals surface area contributed by atoms with Crippen LogP contribution in [-0.2, 0) is 0 Å². The van der Waals surface area contributed by atoms with Gasteiger partial charge in [-0.3, -0.25) is 0 Å². The summed E-state index contributed by atoms with van der Waals surface area (Å²) in [5.41, 5.74) is 2.65. The molecule has 2 nitrogen and oxygen atoms in total. The van der Waals surface area contributed by atoms with Crippen LogP contribution in [0.1, 0.15) is 56.7 Å². The third-order valence-corrected chi connectivity index (χ3v) is 3.66. The summed E-state index contributed by atoms with van der Waals surface area (Å²) in [6, 6.07) is 7.00. The Balaban J connectivity index is 2.17. The summed E-state index contributed by atoms with van der Waals surface area (Å²) in [6.45, 7) is 7.57. The van der Waals surface area contributed by atoms with Crippen molar-refractivity contribution in [1.29, 1.82) is 0 Å². The Morgan fingerprint density at radius 3 is 2.89 bits per heavy atom. The molecule has 2 rings (SSSR count). The van der Waals surface area contributed by atoms with Crippen LogP contribution in [0.5, 0.6) is 5.75 Å². The molecule has 0 bridgehead atoms. The van der Waals surface area contributed by atoms with Gasteiger partial charge in [-0.25, -0.2) is 0 Å². The molecule has 0 saturated carbocycles. The summed E-state index contributed by atoms with van der Waals surface area (Å²) in [4.78, 5) is 0. The molecule has 0 fully saturated rings. The van der Waals surface area contributed by atoms with E-state index in [4.69, 9.17) is 4.74 Å². The molecular formula is C16H25NO. The molecule has 0 spiro atoms.